The fraction of sp³-hybridized carbons (Fsp3) is 0.333. The molecule has 1 aliphatic heterocycles. The lowest BCUT2D eigenvalue weighted by Crippen LogP contribution is -2.38. The Morgan fingerprint density at radius 2 is 2.00 bits per heavy atom. The van der Waals surface area contributed by atoms with Crippen LogP contribution in [-0.4, -0.2) is 38.2 Å². The van der Waals surface area contributed by atoms with Crippen LogP contribution in [0.4, 0.5) is 11.5 Å². The van der Waals surface area contributed by atoms with Crippen LogP contribution in [0.1, 0.15) is 47.8 Å². The SMILES string of the molecule is Nc1ncc(-c2ccccc2)nc1C(=O)Nc1cnccc1C1CC(O)C2CCCC2O1. The van der Waals surface area contributed by atoms with E-state index in [1.54, 1.807) is 18.6 Å². The molecule has 4 unspecified atom stereocenters. The van der Waals surface area contributed by atoms with E-state index in [4.69, 9.17) is 10.5 Å². The highest BCUT2D eigenvalue weighted by Crippen LogP contribution is 2.43. The highest BCUT2D eigenvalue weighted by Gasteiger charge is 2.41. The highest BCUT2D eigenvalue weighted by molar-refractivity contribution is 6.06. The van der Waals surface area contributed by atoms with Gasteiger partial charge in [-0.1, -0.05) is 36.8 Å². The molecule has 0 bridgehead atoms. The first-order valence-corrected chi connectivity index (χ1v) is 10.9. The van der Waals surface area contributed by atoms with Crippen molar-refractivity contribution in [2.45, 2.75) is 44.0 Å². The van der Waals surface area contributed by atoms with E-state index < -0.39 is 12.0 Å². The number of nitrogen functional groups attached to an aromatic ring is 1. The van der Waals surface area contributed by atoms with Crippen molar-refractivity contribution in [3.63, 3.8) is 0 Å². The zero-order chi connectivity index (χ0) is 22.1. The van der Waals surface area contributed by atoms with Crippen molar-refractivity contribution in [2.24, 2.45) is 5.92 Å². The first-order chi connectivity index (χ1) is 15.6. The standard InChI is InChI=1S/C24H25N5O3/c25-23-22(28-17(13-27-23)14-5-2-1-3-6-14)24(31)29-18-12-26-10-9-15(18)21-11-19(30)16-7-4-8-20(16)32-21/h1-3,5-6,9-10,12-13,16,19-21,30H,4,7-8,11H2,(H2,25,27)(H,29,31). The van der Waals surface area contributed by atoms with Gasteiger partial charge in [0.15, 0.2) is 11.5 Å². The average Bonchev–Trinajstić information content (AvgIpc) is 3.30. The molecule has 4 atom stereocenters. The molecule has 2 aromatic heterocycles. The van der Waals surface area contributed by atoms with Gasteiger partial charge in [0.25, 0.3) is 5.91 Å². The Morgan fingerprint density at radius 3 is 2.84 bits per heavy atom. The number of aromatic nitrogens is 3. The highest BCUT2D eigenvalue weighted by atomic mass is 16.5. The Balaban J connectivity index is 1.40. The molecule has 8 heteroatoms. The number of benzene rings is 1. The number of pyridine rings is 1. The lowest BCUT2D eigenvalue weighted by atomic mass is 9.88. The van der Waals surface area contributed by atoms with Gasteiger partial charge in [-0.3, -0.25) is 9.78 Å². The number of anilines is 2. The van der Waals surface area contributed by atoms with Crippen molar-refractivity contribution in [1.82, 2.24) is 15.0 Å². The van der Waals surface area contributed by atoms with Crippen molar-refractivity contribution in [3.05, 3.63) is 66.2 Å². The van der Waals surface area contributed by atoms with E-state index in [2.05, 4.69) is 20.3 Å². The average molecular weight is 431 g/mol. The number of aliphatic hydroxyl groups is 1. The number of nitrogens with two attached hydrogens (primary N) is 1. The minimum atomic E-state index is -0.475. The number of hydrogen-bond donors (Lipinski definition) is 3. The van der Waals surface area contributed by atoms with Gasteiger partial charge in [0.2, 0.25) is 0 Å². The maximum atomic E-state index is 13.1. The van der Waals surface area contributed by atoms with Gasteiger partial charge < -0.3 is 20.9 Å². The van der Waals surface area contributed by atoms with Crippen molar-refractivity contribution in [3.8, 4) is 11.3 Å². The molecule has 5 rings (SSSR count). The minimum absolute atomic E-state index is 0.0432. The molecule has 0 radical (unpaired) electrons. The molecular weight excluding hydrogens is 406 g/mol. The zero-order valence-corrected chi connectivity index (χ0v) is 17.5. The van der Waals surface area contributed by atoms with Crippen molar-refractivity contribution in [1.29, 1.82) is 0 Å². The number of aliphatic hydroxyl groups excluding tert-OH is 1. The molecule has 1 saturated heterocycles. The molecule has 0 spiro atoms. The molecule has 3 heterocycles. The van der Waals surface area contributed by atoms with Crippen LogP contribution in [0, 0.1) is 5.92 Å². The van der Waals surface area contributed by atoms with Crippen LogP contribution in [-0.2, 0) is 4.74 Å². The number of hydrogen-bond acceptors (Lipinski definition) is 7. The van der Waals surface area contributed by atoms with E-state index in [-0.39, 0.29) is 29.6 Å². The third-order valence-electron chi connectivity index (χ3n) is 6.33. The maximum Gasteiger partial charge on any atom is 0.278 e. The van der Waals surface area contributed by atoms with E-state index in [1.165, 1.54) is 0 Å². The molecular formula is C24H25N5O3. The molecule has 4 N–H and O–H groups in total. The monoisotopic (exact) mass is 431 g/mol. The number of carbonyl (C=O) groups is 1. The summed E-state index contributed by atoms with van der Waals surface area (Å²) in [6.45, 7) is 0. The van der Waals surface area contributed by atoms with Crippen LogP contribution in [0.3, 0.4) is 0 Å². The van der Waals surface area contributed by atoms with Gasteiger partial charge in [0, 0.05) is 29.7 Å². The van der Waals surface area contributed by atoms with E-state index in [0.717, 1.165) is 30.4 Å². The molecule has 32 heavy (non-hydrogen) atoms. The second kappa shape index (κ2) is 8.64. The van der Waals surface area contributed by atoms with Crippen LogP contribution < -0.4 is 11.1 Å². The summed E-state index contributed by atoms with van der Waals surface area (Å²) in [5.41, 5.74) is 8.70. The molecule has 2 fully saturated rings. The normalized spacial score (nSPS) is 24.7. The number of fused-ring (bicyclic) bond motifs is 1. The minimum Gasteiger partial charge on any atom is -0.393 e. The summed E-state index contributed by atoms with van der Waals surface area (Å²) in [6, 6.07) is 11.3. The van der Waals surface area contributed by atoms with Crippen LogP contribution in [0.25, 0.3) is 11.3 Å². The van der Waals surface area contributed by atoms with Crippen molar-refractivity contribution >= 4 is 17.4 Å². The summed E-state index contributed by atoms with van der Waals surface area (Å²) < 4.78 is 6.30. The van der Waals surface area contributed by atoms with Gasteiger partial charge >= 0.3 is 0 Å². The van der Waals surface area contributed by atoms with Crippen LogP contribution in [0.15, 0.2) is 55.0 Å². The summed E-state index contributed by atoms with van der Waals surface area (Å²) in [5.74, 6) is -0.232. The number of amides is 1. The number of carbonyl (C=O) groups excluding carboxylic acids is 1. The summed E-state index contributed by atoms with van der Waals surface area (Å²) in [7, 11) is 0. The molecule has 3 aromatic rings. The van der Waals surface area contributed by atoms with Gasteiger partial charge in [0.1, 0.15) is 0 Å². The molecule has 2 aliphatic rings. The summed E-state index contributed by atoms with van der Waals surface area (Å²) >= 11 is 0. The predicted octanol–water partition coefficient (Wildman–Crippen LogP) is 3.36. The maximum absolute atomic E-state index is 13.1. The Hall–Kier alpha value is -3.36. The van der Waals surface area contributed by atoms with E-state index >= 15 is 0 Å². The molecule has 1 amide bonds. The first-order valence-electron chi connectivity index (χ1n) is 10.9. The van der Waals surface area contributed by atoms with Gasteiger partial charge in [0.05, 0.1) is 42.1 Å². The fourth-order valence-electron chi connectivity index (χ4n) is 4.71. The first kappa shape index (κ1) is 20.5. The third kappa shape index (κ3) is 3.94. The van der Waals surface area contributed by atoms with E-state index in [0.29, 0.717) is 17.8 Å². The van der Waals surface area contributed by atoms with Crippen LogP contribution >= 0.6 is 0 Å². The Kier molecular flexibility index (Phi) is 5.55. The van der Waals surface area contributed by atoms with Gasteiger partial charge in [-0.25, -0.2) is 9.97 Å². The quantitative estimate of drug-likeness (QED) is 0.579. The number of nitrogens with one attached hydrogen (secondary N) is 1. The second-order valence-corrected chi connectivity index (χ2v) is 8.33. The smallest absolute Gasteiger partial charge is 0.278 e. The Labute approximate surface area is 185 Å². The number of ether oxygens (including phenoxy) is 1. The molecule has 1 aromatic carbocycles. The van der Waals surface area contributed by atoms with Crippen LogP contribution in [0.2, 0.25) is 0 Å². The lowest BCUT2D eigenvalue weighted by molar-refractivity contribution is -0.125. The summed E-state index contributed by atoms with van der Waals surface area (Å²) in [5, 5.41) is 13.5. The molecule has 164 valence electrons. The lowest BCUT2D eigenvalue weighted by Gasteiger charge is -2.37. The molecule has 1 aliphatic carbocycles. The van der Waals surface area contributed by atoms with E-state index in [9.17, 15) is 9.90 Å². The van der Waals surface area contributed by atoms with Gasteiger partial charge in [-0.05, 0) is 18.9 Å². The van der Waals surface area contributed by atoms with Crippen molar-refractivity contribution < 1.29 is 14.6 Å². The summed E-state index contributed by atoms with van der Waals surface area (Å²) in [4.78, 5) is 25.9. The largest absolute Gasteiger partial charge is 0.393 e. The molecule has 8 nitrogen and oxygen atoms in total. The zero-order valence-electron chi connectivity index (χ0n) is 17.5. The third-order valence-corrected chi connectivity index (χ3v) is 6.33. The fourth-order valence-corrected chi connectivity index (χ4v) is 4.71. The number of nitrogens with zero attached hydrogens (tertiary/aromatic N) is 3. The van der Waals surface area contributed by atoms with Crippen molar-refractivity contribution in [2.75, 3.05) is 11.1 Å². The number of rotatable bonds is 4. The van der Waals surface area contributed by atoms with Gasteiger partial charge in [-0.2, -0.15) is 0 Å². The Bertz CT molecular complexity index is 1120. The van der Waals surface area contributed by atoms with Crippen LogP contribution in [0.5, 0.6) is 0 Å². The second-order valence-electron chi connectivity index (χ2n) is 8.33. The van der Waals surface area contributed by atoms with E-state index in [1.807, 2.05) is 36.4 Å². The molecule has 1 saturated carbocycles. The topological polar surface area (TPSA) is 123 Å². The van der Waals surface area contributed by atoms with Gasteiger partial charge in [-0.15, -0.1) is 0 Å². The Morgan fingerprint density at radius 1 is 1.16 bits per heavy atom. The predicted molar refractivity (Wildman–Crippen MR) is 120 cm³/mol. The summed E-state index contributed by atoms with van der Waals surface area (Å²) in [6.07, 6.45) is 7.59.